The molecule has 0 saturated carbocycles. The number of hydrogen-bond acceptors (Lipinski definition) is 7. The summed E-state index contributed by atoms with van der Waals surface area (Å²) in [5.74, 6) is 0.373. The summed E-state index contributed by atoms with van der Waals surface area (Å²) < 4.78 is 5.34. The van der Waals surface area contributed by atoms with E-state index in [1.165, 1.54) is 10.9 Å². The number of morpholine rings is 1. The normalized spacial score (nSPS) is 16.8. The number of hydrogen-bond donors (Lipinski definition) is 1. The molecular formula is C20H20N4O4S. The van der Waals surface area contributed by atoms with Gasteiger partial charge in [-0.3, -0.25) is 14.9 Å². The van der Waals surface area contributed by atoms with Crippen LogP contribution in [0.2, 0.25) is 0 Å². The van der Waals surface area contributed by atoms with Crippen LogP contribution in [-0.2, 0) is 17.6 Å². The van der Waals surface area contributed by atoms with Gasteiger partial charge in [0.05, 0.1) is 23.5 Å². The van der Waals surface area contributed by atoms with E-state index in [0.717, 1.165) is 36.1 Å². The highest BCUT2D eigenvalue weighted by Gasteiger charge is 2.24. The Morgan fingerprint density at radius 2 is 2.00 bits per heavy atom. The average molecular weight is 412 g/mol. The fourth-order valence-electron chi connectivity index (χ4n) is 4.19. The highest BCUT2D eigenvalue weighted by atomic mass is 32.1. The van der Waals surface area contributed by atoms with Crippen molar-refractivity contribution >= 4 is 32.9 Å². The summed E-state index contributed by atoms with van der Waals surface area (Å²) in [5, 5.41) is 12.4. The number of fused-ring (bicyclic) bond motifs is 3. The van der Waals surface area contributed by atoms with Crippen molar-refractivity contribution < 1.29 is 9.66 Å². The molecule has 1 N–H and O–H groups in total. The number of benzene rings is 1. The van der Waals surface area contributed by atoms with Crippen LogP contribution in [0.3, 0.4) is 0 Å². The van der Waals surface area contributed by atoms with Crippen LogP contribution in [0.25, 0.3) is 21.6 Å². The van der Waals surface area contributed by atoms with Gasteiger partial charge in [0.15, 0.2) is 0 Å². The lowest BCUT2D eigenvalue weighted by Crippen LogP contribution is -2.36. The SMILES string of the molecule is O=c1[nH]c(-c2ccc(N3CCOCC3)c([N+](=O)[O-])c2)nc2sc3c(c12)CCCC3. The molecule has 3 aromatic rings. The summed E-state index contributed by atoms with van der Waals surface area (Å²) in [5.41, 5.74) is 2.09. The van der Waals surface area contributed by atoms with E-state index in [0.29, 0.717) is 48.8 Å². The Morgan fingerprint density at radius 1 is 1.21 bits per heavy atom. The van der Waals surface area contributed by atoms with Gasteiger partial charge in [0, 0.05) is 29.6 Å². The van der Waals surface area contributed by atoms with E-state index >= 15 is 0 Å². The number of nitro benzene ring substituents is 1. The van der Waals surface area contributed by atoms with Crippen molar-refractivity contribution in [3.8, 4) is 11.4 Å². The second-order valence-corrected chi connectivity index (χ2v) is 8.45. The topological polar surface area (TPSA) is 101 Å². The first-order chi connectivity index (χ1) is 14.1. The van der Waals surface area contributed by atoms with Crippen LogP contribution < -0.4 is 10.5 Å². The number of aromatic nitrogens is 2. The molecule has 3 heterocycles. The van der Waals surface area contributed by atoms with E-state index in [1.807, 2.05) is 4.90 Å². The van der Waals surface area contributed by atoms with E-state index < -0.39 is 0 Å². The van der Waals surface area contributed by atoms with Gasteiger partial charge in [-0.1, -0.05) is 0 Å². The molecule has 8 nitrogen and oxygen atoms in total. The van der Waals surface area contributed by atoms with Crippen LogP contribution in [0.15, 0.2) is 23.0 Å². The van der Waals surface area contributed by atoms with Gasteiger partial charge in [-0.05, 0) is 43.4 Å². The molecule has 29 heavy (non-hydrogen) atoms. The highest BCUT2D eigenvalue weighted by molar-refractivity contribution is 7.18. The fraction of sp³-hybridized carbons (Fsp3) is 0.400. The Morgan fingerprint density at radius 3 is 2.79 bits per heavy atom. The number of nitrogens with one attached hydrogen (secondary N) is 1. The molecule has 0 bridgehead atoms. The second-order valence-electron chi connectivity index (χ2n) is 7.37. The molecule has 1 aliphatic heterocycles. The Labute approximate surface area is 170 Å². The predicted molar refractivity (Wildman–Crippen MR) is 112 cm³/mol. The van der Waals surface area contributed by atoms with Crippen molar-refractivity contribution in [2.45, 2.75) is 25.7 Å². The van der Waals surface area contributed by atoms with Gasteiger partial charge in [-0.25, -0.2) is 4.98 Å². The zero-order valence-corrected chi connectivity index (χ0v) is 16.6. The maximum absolute atomic E-state index is 12.8. The van der Waals surface area contributed by atoms with Crippen molar-refractivity contribution in [3.05, 3.63) is 49.1 Å². The summed E-state index contributed by atoms with van der Waals surface area (Å²) in [4.78, 5) is 35.6. The van der Waals surface area contributed by atoms with Crippen LogP contribution in [0.1, 0.15) is 23.3 Å². The smallest absolute Gasteiger partial charge is 0.293 e. The third-order valence-electron chi connectivity index (χ3n) is 5.62. The minimum atomic E-state index is -0.380. The van der Waals surface area contributed by atoms with Crippen LogP contribution in [-0.4, -0.2) is 41.2 Å². The average Bonchev–Trinajstić information content (AvgIpc) is 3.13. The van der Waals surface area contributed by atoms with E-state index in [1.54, 1.807) is 23.5 Å². The molecule has 9 heteroatoms. The summed E-state index contributed by atoms with van der Waals surface area (Å²) in [7, 11) is 0. The highest BCUT2D eigenvalue weighted by Crippen LogP contribution is 2.36. The number of aryl methyl sites for hydroxylation is 2. The number of rotatable bonds is 3. The summed E-state index contributed by atoms with van der Waals surface area (Å²) >= 11 is 1.57. The molecule has 1 aliphatic carbocycles. The van der Waals surface area contributed by atoms with Gasteiger partial charge in [0.2, 0.25) is 0 Å². The van der Waals surface area contributed by atoms with E-state index in [4.69, 9.17) is 4.74 Å². The third-order valence-corrected chi connectivity index (χ3v) is 6.81. The number of thiophene rings is 1. The molecule has 0 radical (unpaired) electrons. The molecule has 1 aromatic carbocycles. The standard InChI is InChI=1S/C20H20N4O4S/c25-19-17-13-3-1-2-4-16(13)29-20(17)22-18(21-19)12-5-6-14(15(11-12)24(26)27)23-7-9-28-10-8-23/h5-6,11H,1-4,7-10H2,(H,21,22,25). The van der Waals surface area contributed by atoms with Gasteiger partial charge in [0.1, 0.15) is 16.3 Å². The maximum Gasteiger partial charge on any atom is 0.293 e. The zero-order valence-electron chi connectivity index (χ0n) is 15.8. The number of anilines is 1. The lowest BCUT2D eigenvalue weighted by atomic mass is 9.97. The first-order valence-electron chi connectivity index (χ1n) is 9.78. The summed E-state index contributed by atoms with van der Waals surface area (Å²) in [6.45, 7) is 2.32. The van der Waals surface area contributed by atoms with Crippen molar-refractivity contribution in [2.75, 3.05) is 31.2 Å². The third kappa shape index (κ3) is 3.20. The monoisotopic (exact) mass is 412 g/mol. The van der Waals surface area contributed by atoms with Gasteiger partial charge < -0.3 is 14.6 Å². The fourth-order valence-corrected chi connectivity index (χ4v) is 5.45. The number of nitro groups is 1. The van der Waals surface area contributed by atoms with Crippen molar-refractivity contribution in [3.63, 3.8) is 0 Å². The molecule has 0 atom stereocenters. The molecule has 2 aromatic heterocycles. The first-order valence-corrected chi connectivity index (χ1v) is 10.6. The molecule has 0 amide bonds. The molecule has 0 spiro atoms. The van der Waals surface area contributed by atoms with E-state index in [9.17, 15) is 14.9 Å². The largest absolute Gasteiger partial charge is 0.378 e. The zero-order chi connectivity index (χ0) is 20.0. The molecular weight excluding hydrogens is 392 g/mol. The van der Waals surface area contributed by atoms with Crippen LogP contribution in [0.4, 0.5) is 11.4 Å². The van der Waals surface area contributed by atoms with Crippen LogP contribution in [0.5, 0.6) is 0 Å². The maximum atomic E-state index is 12.8. The Hall–Kier alpha value is -2.78. The lowest BCUT2D eigenvalue weighted by Gasteiger charge is -2.28. The van der Waals surface area contributed by atoms with Gasteiger partial charge >= 0.3 is 0 Å². The molecule has 0 unspecified atom stereocenters. The Kier molecular flexibility index (Phi) is 4.56. The summed E-state index contributed by atoms with van der Waals surface area (Å²) in [6, 6.07) is 5.03. The van der Waals surface area contributed by atoms with Crippen molar-refractivity contribution in [2.24, 2.45) is 0 Å². The lowest BCUT2D eigenvalue weighted by molar-refractivity contribution is -0.384. The number of ether oxygens (including phenoxy) is 1. The molecule has 150 valence electrons. The number of aromatic amines is 1. The van der Waals surface area contributed by atoms with Crippen LogP contribution >= 0.6 is 11.3 Å². The molecule has 5 rings (SSSR count). The van der Waals surface area contributed by atoms with E-state index in [-0.39, 0.29) is 16.2 Å². The molecule has 2 aliphatic rings. The summed E-state index contributed by atoms with van der Waals surface area (Å²) in [6.07, 6.45) is 4.14. The number of nitrogens with zero attached hydrogens (tertiary/aromatic N) is 3. The van der Waals surface area contributed by atoms with Crippen LogP contribution in [0, 0.1) is 10.1 Å². The Bertz CT molecular complexity index is 1160. The Balaban J connectivity index is 1.60. The first kappa shape index (κ1) is 18.3. The van der Waals surface area contributed by atoms with Crippen molar-refractivity contribution in [1.82, 2.24) is 9.97 Å². The minimum Gasteiger partial charge on any atom is -0.378 e. The van der Waals surface area contributed by atoms with Crippen molar-refractivity contribution in [1.29, 1.82) is 0 Å². The quantitative estimate of drug-likeness (QED) is 0.523. The van der Waals surface area contributed by atoms with Gasteiger partial charge in [0.25, 0.3) is 11.2 Å². The second kappa shape index (κ2) is 7.23. The van der Waals surface area contributed by atoms with E-state index in [2.05, 4.69) is 9.97 Å². The van der Waals surface area contributed by atoms with Gasteiger partial charge in [-0.15, -0.1) is 11.3 Å². The predicted octanol–water partition coefficient (Wildman–Crippen LogP) is 3.28. The van der Waals surface area contributed by atoms with Gasteiger partial charge in [-0.2, -0.15) is 0 Å². The number of H-pyrrole nitrogens is 1. The molecule has 1 fully saturated rings. The molecule has 1 saturated heterocycles. The minimum absolute atomic E-state index is 0.0117.